The summed E-state index contributed by atoms with van der Waals surface area (Å²) in [7, 11) is 0. The molecule has 4 rings (SSSR count). The highest BCUT2D eigenvalue weighted by atomic mass is 32.2. The minimum atomic E-state index is -0.124. The summed E-state index contributed by atoms with van der Waals surface area (Å²) >= 11 is 2.84. The lowest BCUT2D eigenvalue weighted by atomic mass is 10.1. The fourth-order valence-electron chi connectivity index (χ4n) is 4.22. The molecule has 0 spiro atoms. The van der Waals surface area contributed by atoms with Crippen molar-refractivity contribution in [2.75, 3.05) is 5.75 Å². The van der Waals surface area contributed by atoms with Crippen molar-refractivity contribution in [3.63, 3.8) is 0 Å². The summed E-state index contributed by atoms with van der Waals surface area (Å²) in [6, 6.07) is 0. The van der Waals surface area contributed by atoms with Crippen LogP contribution >= 0.6 is 23.1 Å². The van der Waals surface area contributed by atoms with Crippen molar-refractivity contribution in [3.8, 4) is 0 Å². The number of hydrogen-bond donors (Lipinski definition) is 1. The van der Waals surface area contributed by atoms with Crippen molar-refractivity contribution in [2.45, 2.75) is 51.7 Å². The number of aryl methyl sites for hydroxylation is 3. The van der Waals surface area contributed by atoms with Crippen molar-refractivity contribution in [1.82, 2.24) is 14.5 Å². The van der Waals surface area contributed by atoms with E-state index in [-0.39, 0.29) is 22.9 Å². The SMILES string of the molecule is C=CCn1c(SCC(=O)c2[nH]c(C)c(C(C)=O)c2C)nc2sc3c(c2c1=O)CCC3. The number of H-pyrrole nitrogens is 1. The zero-order valence-electron chi connectivity index (χ0n) is 17.3. The van der Waals surface area contributed by atoms with Crippen LogP contribution in [0.25, 0.3) is 10.2 Å². The molecular weight excluding hydrogens is 418 g/mol. The van der Waals surface area contributed by atoms with Crippen molar-refractivity contribution in [3.05, 3.63) is 56.0 Å². The van der Waals surface area contributed by atoms with Gasteiger partial charge in [0.2, 0.25) is 0 Å². The number of fused-ring (bicyclic) bond motifs is 3. The lowest BCUT2D eigenvalue weighted by Crippen LogP contribution is -2.23. The van der Waals surface area contributed by atoms with Crippen LogP contribution in [0, 0.1) is 13.8 Å². The highest BCUT2D eigenvalue weighted by Crippen LogP contribution is 2.35. The van der Waals surface area contributed by atoms with Crippen molar-refractivity contribution in [1.29, 1.82) is 0 Å². The van der Waals surface area contributed by atoms with Crippen molar-refractivity contribution < 1.29 is 9.59 Å². The van der Waals surface area contributed by atoms with Gasteiger partial charge in [-0.2, -0.15) is 0 Å². The van der Waals surface area contributed by atoms with E-state index in [0.29, 0.717) is 34.2 Å². The van der Waals surface area contributed by atoms with Gasteiger partial charge in [0.15, 0.2) is 16.7 Å². The Hall–Kier alpha value is -2.45. The second-order valence-corrected chi connectivity index (χ2v) is 9.56. The van der Waals surface area contributed by atoms with Gasteiger partial charge in [-0.1, -0.05) is 17.8 Å². The summed E-state index contributed by atoms with van der Waals surface area (Å²) in [5, 5.41) is 1.25. The molecule has 3 aromatic heterocycles. The molecule has 1 aliphatic rings. The van der Waals surface area contributed by atoms with Gasteiger partial charge in [-0.3, -0.25) is 19.0 Å². The molecule has 0 aromatic carbocycles. The normalized spacial score (nSPS) is 13.0. The average molecular weight is 442 g/mol. The van der Waals surface area contributed by atoms with Crippen LogP contribution in [0.3, 0.4) is 0 Å². The van der Waals surface area contributed by atoms with Gasteiger partial charge in [0.25, 0.3) is 5.56 Å². The second kappa shape index (κ2) is 8.00. The molecule has 0 saturated carbocycles. The summed E-state index contributed by atoms with van der Waals surface area (Å²) in [4.78, 5) is 47.7. The zero-order valence-corrected chi connectivity index (χ0v) is 18.9. The Morgan fingerprint density at radius 2 is 2.10 bits per heavy atom. The number of aromatic amines is 1. The van der Waals surface area contributed by atoms with Crippen LogP contribution in [-0.4, -0.2) is 31.9 Å². The number of ketones is 2. The van der Waals surface area contributed by atoms with Gasteiger partial charge >= 0.3 is 0 Å². The summed E-state index contributed by atoms with van der Waals surface area (Å²) in [6.45, 7) is 9.18. The minimum absolute atomic E-state index is 0.0555. The maximum absolute atomic E-state index is 13.2. The number of carbonyl (C=O) groups excluding carboxylic acids is 2. The number of carbonyl (C=O) groups is 2. The number of rotatable bonds is 7. The van der Waals surface area contributed by atoms with Crippen LogP contribution in [0.4, 0.5) is 0 Å². The standard InChI is InChI=1S/C22H23N3O3S2/c1-5-9-25-21(28)18-14-7-6-8-16(14)30-20(18)24-22(25)29-10-15(27)19-11(2)17(13(4)26)12(3)23-19/h5,23H,1,6-10H2,2-4H3. The largest absolute Gasteiger partial charge is 0.355 e. The first-order chi connectivity index (χ1) is 14.3. The van der Waals surface area contributed by atoms with E-state index in [9.17, 15) is 14.4 Å². The molecular formula is C22H23N3O3S2. The summed E-state index contributed by atoms with van der Waals surface area (Å²) in [5.41, 5.74) is 3.47. The molecule has 0 unspecified atom stereocenters. The first kappa shape index (κ1) is 20.8. The lowest BCUT2D eigenvalue weighted by Gasteiger charge is -2.10. The Morgan fingerprint density at radius 3 is 2.77 bits per heavy atom. The topological polar surface area (TPSA) is 84.8 Å². The van der Waals surface area contributed by atoms with Gasteiger partial charge in [0, 0.05) is 22.7 Å². The first-order valence-electron chi connectivity index (χ1n) is 9.85. The van der Waals surface area contributed by atoms with Gasteiger partial charge in [0.05, 0.1) is 16.8 Å². The quantitative estimate of drug-likeness (QED) is 0.256. The number of hydrogen-bond acceptors (Lipinski definition) is 6. The first-order valence-corrected chi connectivity index (χ1v) is 11.7. The number of aromatic nitrogens is 3. The Labute approximate surface area is 182 Å². The molecule has 0 fully saturated rings. The van der Waals surface area contributed by atoms with Gasteiger partial charge < -0.3 is 4.98 Å². The van der Waals surface area contributed by atoms with Crippen LogP contribution in [-0.2, 0) is 19.4 Å². The second-order valence-electron chi connectivity index (χ2n) is 7.53. The van der Waals surface area contributed by atoms with Crippen molar-refractivity contribution >= 4 is 44.9 Å². The molecule has 1 aliphatic carbocycles. The van der Waals surface area contributed by atoms with Crippen LogP contribution in [0.5, 0.6) is 0 Å². The summed E-state index contributed by atoms with van der Waals surface area (Å²) in [6.07, 6.45) is 4.68. The fourth-order valence-corrected chi connectivity index (χ4v) is 6.40. The number of nitrogens with one attached hydrogen (secondary N) is 1. The van der Waals surface area contributed by atoms with Crippen LogP contribution in [0.15, 0.2) is 22.6 Å². The van der Waals surface area contributed by atoms with Crippen molar-refractivity contribution in [2.24, 2.45) is 0 Å². The summed E-state index contributed by atoms with van der Waals surface area (Å²) < 4.78 is 1.60. The van der Waals surface area contributed by atoms with E-state index in [1.807, 2.05) is 0 Å². The molecule has 0 aliphatic heterocycles. The van der Waals surface area contributed by atoms with E-state index in [1.165, 1.54) is 23.6 Å². The molecule has 8 heteroatoms. The molecule has 156 valence electrons. The lowest BCUT2D eigenvalue weighted by molar-refractivity contribution is 0.101. The molecule has 1 N–H and O–H groups in total. The molecule has 0 atom stereocenters. The van der Waals surface area contributed by atoms with Gasteiger partial charge in [-0.05, 0) is 51.2 Å². The smallest absolute Gasteiger partial charge is 0.263 e. The van der Waals surface area contributed by atoms with E-state index in [0.717, 1.165) is 35.0 Å². The highest BCUT2D eigenvalue weighted by Gasteiger charge is 2.24. The Morgan fingerprint density at radius 1 is 1.33 bits per heavy atom. The Bertz CT molecular complexity index is 1260. The van der Waals surface area contributed by atoms with E-state index in [1.54, 1.807) is 35.8 Å². The third-order valence-corrected chi connectivity index (χ3v) is 7.66. The fraction of sp³-hybridized carbons (Fsp3) is 0.364. The number of Topliss-reactive ketones (excluding diaryl/α,β-unsaturated/α-hetero) is 2. The highest BCUT2D eigenvalue weighted by molar-refractivity contribution is 7.99. The van der Waals surface area contributed by atoms with Crippen LogP contribution in [0.2, 0.25) is 0 Å². The predicted octanol–water partition coefficient (Wildman–Crippen LogP) is 4.26. The number of thioether (sulfide) groups is 1. The number of thiophene rings is 1. The van der Waals surface area contributed by atoms with E-state index < -0.39 is 0 Å². The molecule has 0 amide bonds. The third-order valence-electron chi connectivity index (χ3n) is 5.50. The van der Waals surface area contributed by atoms with Gasteiger partial charge in [-0.25, -0.2) is 4.98 Å². The number of nitrogens with zero attached hydrogens (tertiary/aromatic N) is 2. The molecule has 3 aromatic rings. The summed E-state index contributed by atoms with van der Waals surface area (Å²) in [5.74, 6) is -0.0647. The molecule has 0 radical (unpaired) electrons. The molecule has 30 heavy (non-hydrogen) atoms. The maximum atomic E-state index is 13.2. The van der Waals surface area contributed by atoms with E-state index >= 15 is 0 Å². The molecule has 0 bridgehead atoms. The average Bonchev–Trinajstić information content (AvgIpc) is 3.34. The maximum Gasteiger partial charge on any atom is 0.263 e. The third kappa shape index (κ3) is 3.37. The van der Waals surface area contributed by atoms with Crippen LogP contribution in [0.1, 0.15) is 55.9 Å². The van der Waals surface area contributed by atoms with E-state index in [4.69, 9.17) is 4.98 Å². The van der Waals surface area contributed by atoms with Crippen LogP contribution < -0.4 is 5.56 Å². The monoisotopic (exact) mass is 441 g/mol. The Kier molecular flexibility index (Phi) is 5.55. The Balaban J connectivity index is 1.67. The van der Waals surface area contributed by atoms with Gasteiger partial charge in [0.1, 0.15) is 4.83 Å². The predicted molar refractivity (Wildman–Crippen MR) is 121 cm³/mol. The van der Waals surface area contributed by atoms with E-state index in [2.05, 4.69) is 11.6 Å². The minimum Gasteiger partial charge on any atom is -0.355 e. The number of allylic oxidation sites excluding steroid dienone is 1. The zero-order chi connectivity index (χ0) is 21.6. The molecule has 0 saturated heterocycles. The van der Waals surface area contributed by atoms with Gasteiger partial charge in [-0.15, -0.1) is 17.9 Å². The molecule has 3 heterocycles. The molecule has 6 nitrogen and oxygen atoms in total.